The molecule has 0 aromatic heterocycles. The second-order valence-corrected chi connectivity index (χ2v) is 5.07. The molecule has 0 N–H and O–H groups in total. The third-order valence-electron chi connectivity index (χ3n) is 3.42. The van der Waals surface area contributed by atoms with Gasteiger partial charge >= 0.3 is 0 Å². The zero-order valence-electron chi connectivity index (χ0n) is 10.6. The summed E-state index contributed by atoms with van der Waals surface area (Å²) in [6.45, 7) is 6.46. The average molecular weight is 242 g/mol. The summed E-state index contributed by atoms with van der Waals surface area (Å²) in [6.07, 6.45) is 0.966. The van der Waals surface area contributed by atoms with Crippen molar-refractivity contribution in [2.75, 3.05) is 0 Å². The molecule has 0 fully saturated rings. The van der Waals surface area contributed by atoms with Gasteiger partial charge in [-0.1, -0.05) is 36.4 Å². The normalized spacial score (nSPS) is 10.6. The van der Waals surface area contributed by atoms with Gasteiger partial charge in [-0.05, 0) is 55.0 Å². The highest BCUT2D eigenvalue weighted by Gasteiger charge is 2.05. The molecule has 0 unspecified atom stereocenters. The van der Waals surface area contributed by atoms with Crippen molar-refractivity contribution in [2.45, 2.75) is 32.1 Å². The van der Waals surface area contributed by atoms with Crippen LogP contribution in [0, 0.1) is 20.8 Å². The molecule has 88 valence electrons. The lowest BCUT2D eigenvalue weighted by Crippen LogP contribution is -1.96. The van der Waals surface area contributed by atoms with E-state index in [1.54, 1.807) is 0 Å². The minimum absolute atomic E-state index is 0.966. The molecule has 0 bridgehead atoms. The Morgan fingerprint density at radius 1 is 0.824 bits per heavy atom. The van der Waals surface area contributed by atoms with Gasteiger partial charge in [0, 0.05) is 4.90 Å². The fourth-order valence-corrected chi connectivity index (χ4v) is 2.30. The van der Waals surface area contributed by atoms with E-state index in [4.69, 9.17) is 0 Å². The molecule has 0 aliphatic heterocycles. The van der Waals surface area contributed by atoms with Crippen molar-refractivity contribution in [3.63, 3.8) is 0 Å². The van der Waals surface area contributed by atoms with E-state index in [0.29, 0.717) is 0 Å². The maximum absolute atomic E-state index is 4.60. The smallest absolute Gasteiger partial charge is 0.0105 e. The molecule has 0 saturated heterocycles. The summed E-state index contributed by atoms with van der Waals surface area (Å²) >= 11 is 4.60. The van der Waals surface area contributed by atoms with Crippen molar-refractivity contribution in [3.05, 3.63) is 64.2 Å². The van der Waals surface area contributed by atoms with Gasteiger partial charge in [-0.25, -0.2) is 0 Å². The number of benzene rings is 2. The van der Waals surface area contributed by atoms with Gasteiger partial charge in [-0.3, -0.25) is 0 Å². The van der Waals surface area contributed by atoms with Crippen LogP contribution in [0.2, 0.25) is 0 Å². The van der Waals surface area contributed by atoms with Gasteiger partial charge in [0.1, 0.15) is 0 Å². The maximum Gasteiger partial charge on any atom is 0.0105 e. The van der Waals surface area contributed by atoms with E-state index < -0.39 is 0 Å². The lowest BCUT2D eigenvalue weighted by molar-refractivity contribution is 1.08. The summed E-state index contributed by atoms with van der Waals surface area (Å²) in [5.41, 5.74) is 6.70. The fraction of sp³-hybridized carbons (Fsp3) is 0.250. The zero-order chi connectivity index (χ0) is 12.4. The highest BCUT2D eigenvalue weighted by atomic mass is 32.1. The van der Waals surface area contributed by atoms with Crippen LogP contribution >= 0.6 is 12.6 Å². The lowest BCUT2D eigenvalue weighted by atomic mass is 9.96. The van der Waals surface area contributed by atoms with Crippen molar-refractivity contribution in [1.29, 1.82) is 0 Å². The molecule has 2 aromatic rings. The largest absolute Gasteiger partial charge is 0.143 e. The highest BCUT2D eigenvalue weighted by Crippen LogP contribution is 2.23. The molecule has 2 aromatic carbocycles. The lowest BCUT2D eigenvalue weighted by Gasteiger charge is -2.11. The first-order valence-electron chi connectivity index (χ1n) is 5.92. The molecule has 0 radical (unpaired) electrons. The Morgan fingerprint density at radius 3 is 2.12 bits per heavy atom. The van der Waals surface area contributed by atoms with Crippen molar-refractivity contribution >= 4 is 12.6 Å². The predicted octanol–water partition coefficient (Wildman–Crippen LogP) is 4.49. The molecule has 0 spiro atoms. The van der Waals surface area contributed by atoms with Gasteiger partial charge in [-0.2, -0.15) is 0 Å². The van der Waals surface area contributed by atoms with Crippen molar-refractivity contribution in [1.82, 2.24) is 0 Å². The molecule has 0 aliphatic carbocycles. The Bertz CT molecular complexity index is 492. The first-order chi connectivity index (χ1) is 8.09. The first kappa shape index (κ1) is 12.3. The number of thiol groups is 1. The number of rotatable bonds is 2. The maximum atomic E-state index is 4.60. The molecule has 0 heterocycles. The third-order valence-corrected chi connectivity index (χ3v) is 4.06. The Morgan fingerprint density at radius 2 is 1.41 bits per heavy atom. The topological polar surface area (TPSA) is 0 Å². The molecule has 1 heteroatoms. The van der Waals surface area contributed by atoms with Gasteiger partial charge < -0.3 is 0 Å². The second-order valence-electron chi connectivity index (χ2n) is 4.62. The molecule has 17 heavy (non-hydrogen) atoms. The van der Waals surface area contributed by atoms with Crippen LogP contribution in [-0.2, 0) is 6.42 Å². The zero-order valence-corrected chi connectivity index (χ0v) is 11.5. The summed E-state index contributed by atoms with van der Waals surface area (Å²) in [4.78, 5) is 1.12. The van der Waals surface area contributed by atoms with E-state index in [-0.39, 0.29) is 0 Å². The Labute approximate surface area is 109 Å². The van der Waals surface area contributed by atoms with Crippen LogP contribution in [0.3, 0.4) is 0 Å². The van der Waals surface area contributed by atoms with Gasteiger partial charge in [0.15, 0.2) is 0 Å². The van der Waals surface area contributed by atoms with Crippen LogP contribution in [-0.4, -0.2) is 0 Å². The summed E-state index contributed by atoms with van der Waals surface area (Å²) < 4.78 is 0. The predicted molar refractivity (Wildman–Crippen MR) is 77.2 cm³/mol. The van der Waals surface area contributed by atoms with Gasteiger partial charge in [-0.15, -0.1) is 12.6 Å². The van der Waals surface area contributed by atoms with Gasteiger partial charge in [0.05, 0.1) is 0 Å². The second kappa shape index (κ2) is 4.97. The minimum atomic E-state index is 0.966. The van der Waals surface area contributed by atoms with Crippen LogP contribution in [0.4, 0.5) is 0 Å². The summed E-state index contributed by atoms with van der Waals surface area (Å²) in [5.74, 6) is 0. The van der Waals surface area contributed by atoms with Crippen molar-refractivity contribution < 1.29 is 0 Å². The van der Waals surface area contributed by atoms with Crippen LogP contribution in [0.1, 0.15) is 27.8 Å². The van der Waals surface area contributed by atoms with E-state index >= 15 is 0 Å². The van der Waals surface area contributed by atoms with E-state index in [1.807, 2.05) is 0 Å². The van der Waals surface area contributed by atoms with Gasteiger partial charge in [0.25, 0.3) is 0 Å². The first-order valence-corrected chi connectivity index (χ1v) is 6.37. The van der Waals surface area contributed by atoms with E-state index in [2.05, 4.69) is 69.8 Å². The van der Waals surface area contributed by atoms with Crippen LogP contribution < -0.4 is 0 Å². The molecule has 2 rings (SSSR count). The van der Waals surface area contributed by atoms with Crippen LogP contribution in [0.25, 0.3) is 0 Å². The average Bonchev–Trinajstić information content (AvgIpc) is 2.31. The standard InChI is InChI=1S/C16H18S/c1-11-6-4-8-14(13(11)3)10-15-9-5-7-12(2)16(15)17/h4-9,17H,10H2,1-3H3. The number of aryl methyl sites for hydroxylation is 2. The number of hydrogen-bond acceptors (Lipinski definition) is 1. The molecular weight excluding hydrogens is 224 g/mol. The molecule has 0 amide bonds. The Balaban J connectivity index is 2.38. The van der Waals surface area contributed by atoms with Crippen molar-refractivity contribution in [2.24, 2.45) is 0 Å². The molecular formula is C16H18S. The van der Waals surface area contributed by atoms with Crippen LogP contribution in [0.15, 0.2) is 41.3 Å². The quantitative estimate of drug-likeness (QED) is 0.737. The van der Waals surface area contributed by atoms with E-state index in [9.17, 15) is 0 Å². The van der Waals surface area contributed by atoms with E-state index in [1.165, 1.54) is 27.8 Å². The SMILES string of the molecule is Cc1cccc(Cc2cccc(C)c2S)c1C. The highest BCUT2D eigenvalue weighted by molar-refractivity contribution is 7.80. The monoisotopic (exact) mass is 242 g/mol. The summed E-state index contributed by atoms with van der Waals surface area (Å²) in [7, 11) is 0. The third kappa shape index (κ3) is 2.55. The Hall–Kier alpha value is -1.21. The van der Waals surface area contributed by atoms with Gasteiger partial charge in [0.2, 0.25) is 0 Å². The van der Waals surface area contributed by atoms with E-state index in [0.717, 1.165) is 11.3 Å². The molecule has 0 atom stereocenters. The summed E-state index contributed by atoms with van der Waals surface area (Å²) in [5, 5.41) is 0. The summed E-state index contributed by atoms with van der Waals surface area (Å²) in [6, 6.07) is 12.9. The Kier molecular flexibility index (Phi) is 3.58. The molecule has 0 nitrogen and oxygen atoms in total. The van der Waals surface area contributed by atoms with Crippen molar-refractivity contribution in [3.8, 4) is 0 Å². The molecule has 0 saturated carbocycles. The fourth-order valence-electron chi connectivity index (χ4n) is 2.07. The molecule has 0 aliphatic rings. The van der Waals surface area contributed by atoms with Crippen LogP contribution in [0.5, 0.6) is 0 Å². The number of hydrogen-bond donors (Lipinski definition) is 1. The minimum Gasteiger partial charge on any atom is -0.143 e.